The van der Waals surface area contributed by atoms with E-state index in [2.05, 4.69) is 43.9 Å². The van der Waals surface area contributed by atoms with E-state index in [1.807, 2.05) is 0 Å². The summed E-state index contributed by atoms with van der Waals surface area (Å²) in [6.45, 7) is 11.3. The van der Waals surface area contributed by atoms with Crippen molar-refractivity contribution in [2.24, 2.45) is 0 Å². The lowest BCUT2D eigenvalue weighted by molar-refractivity contribution is -0.159. The molecule has 0 atom stereocenters. The second-order valence-corrected chi connectivity index (χ2v) is 7.24. The molecule has 1 aliphatic heterocycles. The highest BCUT2D eigenvalue weighted by molar-refractivity contribution is 6.27. The standard InChI is InChI=1S/C19H31NO.C2H2O4/c1-16(2)19-10-9-18(15-17(19)3)21-14-8-7-13-20-11-5-4-6-12-20;3-1(4)2(5)6/h9-10,15-16H,4-8,11-14H2,1-3H3;(H,3,4)(H,5,6). The lowest BCUT2D eigenvalue weighted by Crippen LogP contribution is -2.30. The fourth-order valence-corrected chi connectivity index (χ4v) is 3.20. The Balaban J connectivity index is 0.000000527. The summed E-state index contributed by atoms with van der Waals surface area (Å²) in [5.41, 5.74) is 2.77. The molecule has 6 heteroatoms. The van der Waals surface area contributed by atoms with E-state index in [0.717, 1.165) is 18.8 Å². The van der Waals surface area contributed by atoms with Crippen LogP contribution < -0.4 is 4.74 Å². The van der Waals surface area contributed by atoms with Crippen LogP contribution in [0.5, 0.6) is 5.75 Å². The lowest BCUT2D eigenvalue weighted by atomic mass is 9.98. The number of piperidine rings is 1. The molecule has 1 heterocycles. The van der Waals surface area contributed by atoms with Gasteiger partial charge in [0.05, 0.1) is 6.61 Å². The second-order valence-electron chi connectivity index (χ2n) is 7.24. The van der Waals surface area contributed by atoms with Gasteiger partial charge in [-0.3, -0.25) is 0 Å². The average Bonchev–Trinajstić information content (AvgIpc) is 2.62. The van der Waals surface area contributed by atoms with Gasteiger partial charge in [0.1, 0.15) is 5.75 Å². The minimum atomic E-state index is -1.82. The van der Waals surface area contributed by atoms with Gasteiger partial charge in [-0.15, -0.1) is 0 Å². The zero-order chi connectivity index (χ0) is 20.2. The third-order valence-corrected chi connectivity index (χ3v) is 4.63. The summed E-state index contributed by atoms with van der Waals surface area (Å²) in [5.74, 6) is -2.04. The SMILES string of the molecule is Cc1cc(OCCCCN2CCCCC2)ccc1C(C)C.O=C(O)C(=O)O. The molecule has 0 amide bonds. The molecular formula is C21H33NO5. The van der Waals surface area contributed by atoms with Gasteiger partial charge in [0, 0.05) is 0 Å². The number of unbranched alkanes of at least 4 members (excludes halogenated alkanes) is 1. The molecule has 152 valence electrons. The summed E-state index contributed by atoms with van der Waals surface area (Å²) in [5, 5.41) is 14.8. The van der Waals surface area contributed by atoms with Crippen LogP contribution in [0.1, 0.15) is 63.0 Å². The van der Waals surface area contributed by atoms with E-state index < -0.39 is 11.9 Å². The van der Waals surface area contributed by atoms with E-state index in [1.54, 1.807) is 0 Å². The van der Waals surface area contributed by atoms with Crippen LogP contribution in [0.4, 0.5) is 0 Å². The average molecular weight is 379 g/mol. The van der Waals surface area contributed by atoms with Crippen molar-refractivity contribution >= 4 is 11.9 Å². The van der Waals surface area contributed by atoms with E-state index in [9.17, 15) is 0 Å². The monoisotopic (exact) mass is 379 g/mol. The van der Waals surface area contributed by atoms with Gasteiger partial charge in [-0.25, -0.2) is 9.59 Å². The summed E-state index contributed by atoms with van der Waals surface area (Å²) in [4.78, 5) is 20.8. The number of hydrogen-bond acceptors (Lipinski definition) is 4. The fourth-order valence-electron chi connectivity index (χ4n) is 3.20. The van der Waals surface area contributed by atoms with Gasteiger partial charge in [-0.2, -0.15) is 0 Å². The molecule has 1 saturated heterocycles. The molecule has 0 unspecified atom stereocenters. The van der Waals surface area contributed by atoms with Gasteiger partial charge in [0.2, 0.25) is 0 Å². The molecule has 1 aromatic carbocycles. The van der Waals surface area contributed by atoms with E-state index in [0.29, 0.717) is 5.92 Å². The number of hydrogen-bond donors (Lipinski definition) is 2. The Hall–Kier alpha value is -2.08. The number of ether oxygens (including phenoxy) is 1. The number of aliphatic carboxylic acids is 2. The van der Waals surface area contributed by atoms with Gasteiger partial charge in [-0.05, 0) is 81.4 Å². The highest BCUT2D eigenvalue weighted by atomic mass is 16.5. The molecule has 1 aromatic rings. The maximum absolute atomic E-state index is 9.10. The Morgan fingerprint density at radius 3 is 2.22 bits per heavy atom. The summed E-state index contributed by atoms with van der Waals surface area (Å²) in [7, 11) is 0. The fraction of sp³-hybridized carbons (Fsp3) is 0.619. The Morgan fingerprint density at radius 2 is 1.70 bits per heavy atom. The largest absolute Gasteiger partial charge is 0.494 e. The molecule has 0 aromatic heterocycles. The van der Waals surface area contributed by atoms with Crippen molar-refractivity contribution in [1.82, 2.24) is 4.90 Å². The molecule has 1 fully saturated rings. The summed E-state index contributed by atoms with van der Waals surface area (Å²) < 4.78 is 5.89. The first-order chi connectivity index (χ1) is 12.8. The molecular weight excluding hydrogens is 346 g/mol. The Morgan fingerprint density at radius 1 is 1.07 bits per heavy atom. The molecule has 0 radical (unpaired) electrons. The van der Waals surface area contributed by atoms with E-state index in [1.165, 1.54) is 56.4 Å². The van der Waals surface area contributed by atoms with Crippen LogP contribution >= 0.6 is 0 Å². The van der Waals surface area contributed by atoms with Crippen LogP contribution in [-0.2, 0) is 9.59 Å². The molecule has 0 bridgehead atoms. The van der Waals surface area contributed by atoms with Crippen LogP contribution in [0, 0.1) is 6.92 Å². The second kappa shape index (κ2) is 12.3. The highest BCUT2D eigenvalue weighted by Gasteiger charge is 2.09. The smallest absolute Gasteiger partial charge is 0.414 e. The molecule has 1 aliphatic rings. The van der Waals surface area contributed by atoms with Crippen LogP contribution in [0.15, 0.2) is 18.2 Å². The number of rotatable bonds is 7. The van der Waals surface area contributed by atoms with Gasteiger partial charge in [0.25, 0.3) is 0 Å². The maximum atomic E-state index is 9.10. The number of carbonyl (C=O) groups is 2. The zero-order valence-electron chi connectivity index (χ0n) is 16.7. The Labute approximate surface area is 162 Å². The molecule has 0 saturated carbocycles. The number of carboxylic acids is 2. The quantitative estimate of drug-likeness (QED) is 0.551. The van der Waals surface area contributed by atoms with Crippen LogP contribution in [0.3, 0.4) is 0 Å². The van der Waals surface area contributed by atoms with Gasteiger partial charge < -0.3 is 19.8 Å². The maximum Gasteiger partial charge on any atom is 0.414 e. The summed E-state index contributed by atoms with van der Waals surface area (Å²) in [6.07, 6.45) is 6.60. The van der Waals surface area contributed by atoms with Crippen LogP contribution in [0.25, 0.3) is 0 Å². The normalized spacial score (nSPS) is 14.4. The van der Waals surface area contributed by atoms with Crippen molar-refractivity contribution in [1.29, 1.82) is 0 Å². The number of benzene rings is 1. The van der Waals surface area contributed by atoms with Crippen molar-refractivity contribution in [2.45, 2.75) is 58.8 Å². The summed E-state index contributed by atoms with van der Waals surface area (Å²) >= 11 is 0. The van der Waals surface area contributed by atoms with Gasteiger partial charge >= 0.3 is 11.9 Å². The molecule has 0 spiro atoms. The van der Waals surface area contributed by atoms with Crippen molar-refractivity contribution in [3.05, 3.63) is 29.3 Å². The predicted octanol–water partition coefficient (Wildman–Crippen LogP) is 3.92. The first-order valence-electron chi connectivity index (χ1n) is 9.73. The molecule has 6 nitrogen and oxygen atoms in total. The van der Waals surface area contributed by atoms with Gasteiger partial charge in [0.15, 0.2) is 0 Å². The topological polar surface area (TPSA) is 87.1 Å². The minimum absolute atomic E-state index is 0.587. The van der Waals surface area contributed by atoms with Gasteiger partial charge in [-0.1, -0.05) is 26.3 Å². The number of likely N-dealkylation sites (tertiary alicyclic amines) is 1. The number of carboxylic acid groups (broad SMARTS) is 2. The highest BCUT2D eigenvalue weighted by Crippen LogP contribution is 2.23. The number of aryl methyl sites for hydroxylation is 1. The zero-order valence-corrected chi connectivity index (χ0v) is 16.7. The third kappa shape index (κ3) is 9.43. The molecule has 27 heavy (non-hydrogen) atoms. The van der Waals surface area contributed by atoms with Crippen molar-refractivity contribution in [3.63, 3.8) is 0 Å². The molecule has 2 rings (SSSR count). The van der Waals surface area contributed by atoms with E-state index in [4.69, 9.17) is 24.5 Å². The first kappa shape index (κ1) is 23.0. The lowest BCUT2D eigenvalue weighted by Gasteiger charge is -2.26. The predicted molar refractivity (Wildman–Crippen MR) is 106 cm³/mol. The molecule has 0 aliphatic carbocycles. The van der Waals surface area contributed by atoms with Crippen LogP contribution in [-0.4, -0.2) is 53.3 Å². The van der Waals surface area contributed by atoms with E-state index >= 15 is 0 Å². The van der Waals surface area contributed by atoms with Crippen molar-refractivity contribution in [2.75, 3.05) is 26.2 Å². The Bertz CT molecular complexity index is 582. The van der Waals surface area contributed by atoms with Crippen molar-refractivity contribution < 1.29 is 24.5 Å². The minimum Gasteiger partial charge on any atom is -0.494 e. The van der Waals surface area contributed by atoms with E-state index in [-0.39, 0.29) is 0 Å². The summed E-state index contributed by atoms with van der Waals surface area (Å²) in [6, 6.07) is 6.51. The third-order valence-electron chi connectivity index (χ3n) is 4.63. The Kier molecular flexibility index (Phi) is 10.5. The van der Waals surface area contributed by atoms with Crippen molar-refractivity contribution in [3.8, 4) is 5.75 Å². The molecule has 2 N–H and O–H groups in total. The number of nitrogens with zero attached hydrogens (tertiary/aromatic N) is 1. The van der Waals surface area contributed by atoms with Crippen LogP contribution in [0.2, 0.25) is 0 Å². The first-order valence-corrected chi connectivity index (χ1v) is 9.73.